The molecule has 8 atom stereocenters. The second-order valence-corrected chi connectivity index (χ2v) is 16.7. The van der Waals surface area contributed by atoms with E-state index in [0.29, 0.717) is 42.3 Å². The maximum Gasteiger partial charge on any atom is 0.335 e. The lowest BCUT2D eigenvalue weighted by atomic mass is 9.32. The highest BCUT2D eigenvalue weighted by Crippen LogP contribution is 2.77. The first-order chi connectivity index (χ1) is 22.1. The fraction of sp³-hybridized carbons (Fsp3) is 0.675. The van der Waals surface area contributed by atoms with E-state index < -0.39 is 23.3 Å². The number of nitrogens with one attached hydrogen (secondary N) is 1. The highest BCUT2D eigenvalue weighted by molar-refractivity contribution is 5.88. The lowest BCUT2D eigenvalue weighted by Crippen LogP contribution is -2.65. The zero-order valence-electron chi connectivity index (χ0n) is 29.2. The van der Waals surface area contributed by atoms with Gasteiger partial charge in [0.25, 0.3) is 0 Å². The zero-order valence-corrected chi connectivity index (χ0v) is 29.2. The number of benzene rings is 1. The summed E-state index contributed by atoms with van der Waals surface area (Å²) in [5.74, 6) is -0.0743. The third-order valence-electron chi connectivity index (χ3n) is 14.6. The van der Waals surface area contributed by atoms with Crippen molar-refractivity contribution in [1.29, 1.82) is 0 Å². The van der Waals surface area contributed by atoms with Gasteiger partial charge < -0.3 is 20.6 Å². The Hall–Kier alpha value is -2.93. The maximum atomic E-state index is 12.6. The van der Waals surface area contributed by atoms with Gasteiger partial charge in [0.15, 0.2) is 0 Å². The molecule has 47 heavy (non-hydrogen) atoms. The molecule has 0 saturated heterocycles. The summed E-state index contributed by atoms with van der Waals surface area (Å²) in [4.78, 5) is 33.9. The molecule has 0 radical (unpaired) electrons. The van der Waals surface area contributed by atoms with Crippen molar-refractivity contribution in [2.24, 2.45) is 50.7 Å². The third-order valence-corrected chi connectivity index (χ3v) is 14.6. The van der Waals surface area contributed by atoms with E-state index >= 15 is 0 Å². The van der Waals surface area contributed by atoms with Gasteiger partial charge in [-0.25, -0.2) is 4.79 Å². The topological polar surface area (TPSA) is 124 Å². The van der Waals surface area contributed by atoms with Crippen molar-refractivity contribution in [2.75, 3.05) is 13.1 Å². The van der Waals surface area contributed by atoms with Gasteiger partial charge in [-0.15, -0.1) is 6.58 Å². The molecule has 4 fully saturated rings. The summed E-state index contributed by atoms with van der Waals surface area (Å²) in [6.45, 7) is 17.2. The van der Waals surface area contributed by atoms with Crippen molar-refractivity contribution in [3.8, 4) is 0 Å². The van der Waals surface area contributed by atoms with Crippen molar-refractivity contribution < 1.29 is 29.7 Å². The summed E-state index contributed by atoms with van der Waals surface area (Å²) in [6.07, 6.45) is 15.3. The molecule has 0 aliphatic heterocycles. The molecule has 0 spiro atoms. The molecule has 0 bridgehead atoms. The number of hydrogen-bond acceptors (Lipinski definition) is 4. The van der Waals surface area contributed by atoms with Gasteiger partial charge in [0.1, 0.15) is 0 Å². The molecule has 6 unspecified atom stereocenters. The fourth-order valence-corrected chi connectivity index (χ4v) is 12.2. The zero-order chi connectivity index (χ0) is 34.4. The molecule has 258 valence electrons. The largest absolute Gasteiger partial charge is 0.481 e. The van der Waals surface area contributed by atoms with E-state index in [-0.39, 0.29) is 28.1 Å². The molecule has 1 aromatic carbocycles. The van der Waals surface area contributed by atoms with Crippen LogP contribution >= 0.6 is 0 Å². The molecule has 4 N–H and O–H groups in total. The molecule has 1 aromatic rings. The summed E-state index contributed by atoms with van der Waals surface area (Å²) in [5, 5.41) is 30.7. The van der Waals surface area contributed by atoms with Crippen molar-refractivity contribution in [2.45, 2.75) is 105 Å². The van der Waals surface area contributed by atoms with Crippen LogP contribution in [0.1, 0.15) is 121 Å². The number of hydrogen-bond donors (Lipinski definition) is 4. The molecule has 0 amide bonds. The summed E-state index contributed by atoms with van der Waals surface area (Å²) in [5.41, 5.74) is 3.07. The molecule has 5 aliphatic carbocycles. The quantitative estimate of drug-likeness (QED) is 0.165. The van der Waals surface area contributed by atoms with E-state index in [2.05, 4.69) is 52.6 Å². The standard InChI is InChI=1S/C34H46O4.C6H11NO2/c1-30(2)23(21-8-10-22(11-9-21)28(35)36)14-17-31(3)26(30)15-18-33(5)27(31)13-12-24-25-7-6-16-34(25,29(37)38)20-19-32(24,33)4;1-2-4-7-5-3-6(8)9/h8-11,14,24-27H,6-7,12-13,15-20H2,1-5H3,(H,35,36)(H,37,38);2,7H,1,3-5H2,(H,8,9)/t24?,25-,26?,27?,31?,32-,33?,34?;/m1./s1. The van der Waals surface area contributed by atoms with Crippen molar-refractivity contribution in [1.82, 2.24) is 5.32 Å². The van der Waals surface area contributed by atoms with Gasteiger partial charge in [-0.3, -0.25) is 9.59 Å². The van der Waals surface area contributed by atoms with E-state index in [1.807, 2.05) is 12.1 Å². The Morgan fingerprint density at radius 3 is 2.17 bits per heavy atom. The second-order valence-electron chi connectivity index (χ2n) is 16.7. The van der Waals surface area contributed by atoms with Gasteiger partial charge in [-0.05, 0) is 126 Å². The Bertz CT molecular complexity index is 1410. The van der Waals surface area contributed by atoms with Crippen LogP contribution in [0.25, 0.3) is 5.57 Å². The van der Waals surface area contributed by atoms with E-state index in [0.717, 1.165) is 44.1 Å². The number of aromatic carboxylic acids is 1. The highest BCUT2D eigenvalue weighted by atomic mass is 16.4. The Kier molecular flexibility index (Phi) is 9.66. The predicted molar refractivity (Wildman–Crippen MR) is 185 cm³/mol. The van der Waals surface area contributed by atoms with Crippen molar-refractivity contribution in [3.63, 3.8) is 0 Å². The average Bonchev–Trinajstić information content (AvgIpc) is 3.46. The number of aliphatic carboxylic acids is 2. The van der Waals surface area contributed by atoms with Gasteiger partial charge in [0.2, 0.25) is 0 Å². The van der Waals surface area contributed by atoms with E-state index in [9.17, 15) is 24.6 Å². The fourth-order valence-electron chi connectivity index (χ4n) is 12.2. The Balaban J connectivity index is 0.000000424. The minimum atomic E-state index is -0.877. The SMILES string of the molecule is C=CCNCCC(=O)O.CC1(C)C(c2ccc(C(=O)O)cc2)=CCC2(C)C1CCC1(C)C2CCC2[C@H]3CCCC3(C(=O)O)CC[C@]21C. The summed E-state index contributed by atoms with van der Waals surface area (Å²) in [7, 11) is 0. The maximum absolute atomic E-state index is 12.6. The molecule has 7 nitrogen and oxygen atoms in total. The Morgan fingerprint density at radius 2 is 1.55 bits per heavy atom. The molecule has 6 rings (SSSR count). The monoisotopic (exact) mass is 647 g/mol. The van der Waals surface area contributed by atoms with Crippen molar-refractivity contribution in [3.05, 3.63) is 54.1 Å². The minimum Gasteiger partial charge on any atom is -0.481 e. The van der Waals surface area contributed by atoms with Crippen LogP contribution in [-0.4, -0.2) is 46.3 Å². The number of carbonyl (C=O) groups is 3. The smallest absolute Gasteiger partial charge is 0.335 e. The molecule has 0 aromatic heterocycles. The first kappa shape index (κ1) is 35.4. The normalized spacial score (nSPS) is 38.2. The first-order valence-electron chi connectivity index (χ1n) is 17.9. The predicted octanol–water partition coefficient (Wildman–Crippen LogP) is 8.55. The average molecular weight is 648 g/mol. The van der Waals surface area contributed by atoms with Crippen LogP contribution in [0, 0.1) is 50.7 Å². The first-order valence-corrected chi connectivity index (χ1v) is 17.9. The van der Waals surface area contributed by atoms with Crippen LogP contribution in [0.3, 0.4) is 0 Å². The number of fused-ring (bicyclic) bond motifs is 7. The van der Waals surface area contributed by atoms with Gasteiger partial charge in [0, 0.05) is 13.1 Å². The van der Waals surface area contributed by atoms with E-state index in [4.69, 9.17) is 5.11 Å². The summed E-state index contributed by atoms with van der Waals surface area (Å²) in [6, 6.07) is 7.48. The molecular formula is C40H57NO6. The van der Waals surface area contributed by atoms with Crippen LogP contribution in [0.4, 0.5) is 0 Å². The van der Waals surface area contributed by atoms with Crippen LogP contribution in [-0.2, 0) is 9.59 Å². The lowest BCUT2D eigenvalue weighted by Gasteiger charge is -2.72. The lowest BCUT2D eigenvalue weighted by molar-refractivity contribution is -0.225. The molecule has 4 saturated carbocycles. The van der Waals surface area contributed by atoms with Crippen molar-refractivity contribution >= 4 is 23.5 Å². The van der Waals surface area contributed by atoms with Crippen LogP contribution in [0.2, 0.25) is 0 Å². The second kappa shape index (κ2) is 12.8. The highest BCUT2D eigenvalue weighted by Gasteiger charge is 2.70. The summed E-state index contributed by atoms with van der Waals surface area (Å²) >= 11 is 0. The van der Waals surface area contributed by atoms with Crippen LogP contribution < -0.4 is 5.32 Å². The van der Waals surface area contributed by atoms with Gasteiger partial charge in [-0.2, -0.15) is 0 Å². The van der Waals surface area contributed by atoms with Crippen LogP contribution in [0.5, 0.6) is 0 Å². The number of carboxylic acids is 3. The number of rotatable bonds is 8. The third kappa shape index (κ3) is 5.68. The van der Waals surface area contributed by atoms with Gasteiger partial charge in [0.05, 0.1) is 17.4 Å². The minimum absolute atomic E-state index is 0.00724. The number of carboxylic acid groups (broad SMARTS) is 3. The Labute approximate surface area is 281 Å². The molecule has 5 aliphatic rings. The van der Waals surface area contributed by atoms with Gasteiger partial charge >= 0.3 is 17.9 Å². The molecular weight excluding hydrogens is 590 g/mol. The number of allylic oxidation sites excluding steroid dienone is 2. The molecule has 0 heterocycles. The van der Waals surface area contributed by atoms with Gasteiger partial charge in [-0.1, -0.05) is 65.3 Å². The summed E-state index contributed by atoms with van der Waals surface area (Å²) < 4.78 is 0. The molecule has 7 heteroatoms. The Morgan fingerprint density at radius 1 is 0.851 bits per heavy atom. The van der Waals surface area contributed by atoms with E-state index in [1.165, 1.54) is 31.3 Å². The van der Waals surface area contributed by atoms with Crippen LogP contribution in [0.15, 0.2) is 43.0 Å². The van der Waals surface area contributed by atoms with E-state index in [1.54, 1.807) is 18.2 Å².